The molecule has 0 amide bonds. The Labute approximate surface area is 168 Å². The van der Waals surface area contributed by atoms with Gasteiger partial charge in [-0.15, -0.1) is 0 Å². The maximum Gasteiger partial charge on any atom is 0.305 e. The summed E-state index contributed by atoms with van der Waals surface area (Å²) in [6.07, 6.45) is 9.06. The van der Waals surface area contributed by atoms with Crippen molar-refractivity contribution in [3.8, 4) is 0 Å². The highest BCUT2D eigenvalue weighted by molar-refractivity contribution is 5.93. The summed E-state index contributed by atoms with van der Waals surface area (Å²) in [5.41, 5.74) is 6.39. The van der Waals surface area contributed by atoms with Gasteiger partial charge in [-0.05, 0) is 61.2 Å². The Morgan fingerprint density at radius 3 is 2.18 bits per heavy atom. The highest BCUT2D eigenvalue weighted by atomic mass is 16.5. The first-order valence-corrected chi connectivity index (χ1v) is 10.1. The SMILES string of the molecule is CCOC(=O)CCCN(C)CCC=C1c2ccccc2C=Cc2ccccc21. The molecule has 3 nitrogen and oxygen atoms in total. The monoisotopic (exact) mass is 375 g/mol. The van der Waals surface area contributed by atoms with Crippen LogP contribution in [-0.2, 0) is 9.53 Å². The molecule has 0 fully saturated rings. The van der Waals surface area contributed by atoms with Crippen molar-refractivity contribution in [1.29, 1.82) is 0 Å². The molecule has 0 radical (unpaired) electrons. The number of rotatable bonds is 8. The van der Waals surface area contributed by atoms with Crippen LogP contribution in [0.4, 0.5) is 0 Å². The van der Waals surface area contributed by atoms with E-state index in [2.05, 4.69) is 78.7 Å². The summed E-state index contributed by atoms with van der Waals surface area (Å²) in [6.45, 7) is 4.16. The Kier molecular flexibility index (Phi) is 7.21. The van der Waals surface area contributed by atoms with Gasteiger partial charge in [0.15, 0.2) is 0 Å². The molecule has 0 saturated heterocycles. The van der Waals surface area contributed by atoms with E-state index in [-0.39, 0.29) is 5.97 Å². The molecule has 0 saturated carbocycles. The zero-order chi connectivity index (χ0) is 19.8. The van der Waals surface area contributed by atoms with Crippen LogP contribution in [0.25, 0.3) is 17.7 Å². The lowest BCUT2D eigenvalue weighted by Crippen LogP contribution is -2.21. The third-order valence-electron chi connectivity index (χ3n) is 5.03. The molecule has 0 N–H and O–H groups in total. The van der Waals surface area contributed by atoms with Crippen LogP contribution in [0, 0.1) is 0 Å². The molecule has 0 bridgehead atoms. The van der Waals surface area contributed by atoms with Crippen LogP contribution in [0.2, 0.25) is 0 Å². The number of carbonyl (C=O) groups is 1. The van der Waals surface area contributed by atoms with Gasteiger partial charge < -0.3 is 9.64 Å². The number of fused-ring (bicyclic) bond motifs is 2. The van der Waals surface area contributed by atoms with Gasteiger partial charge in [0.25, 0.3) is 0 Å². The molecule has 2 aromatic carbocycles. The molecule has 3 heteroatoms. The van der Waals surface area contributed by atoms with Gasteiger partial charge in [-0.2, -0.15) is 0 Å². The molecule has 1 aliphatic carbocycles. The summed E-state index contributed by atoms with van der Waals surface area (Å²) in [5, 5.41) is 0. The Hall–Kier alpha value is -2.65. The summed E-state index contributed by atoms with van der Waals surface area (Å²) < 4.78 is 4.99. The predicted octanol–water partition coefficient (Wildman–Crippen LogP) is 5.27. The fourth-order valence-electron chi connectivity index (χ4n) is 3.59. The van der Waals surface area contributed by atoms with Crippen LogP contribution in [0.5, 0.6) is 0 Å². The Morgan fingerprint density at radius 2 is 1.57 bits per heavy atom. The van der Waals surface area contributed by atoms with Crippen molar-refractivity contribution in [2.24, 2.45) is 0 Å². The van der Waals surface area contributed by atoms with Crippen molar-refractivity contribution in [3.05, 3.63) is 76.9 Å². The second-order valence-corrected chi connectivity index (χ2v) is 7.13. The molecular weight excluding hydrogens is 346 g/mol. The lowest BCUT2D eigenvalue weighted by molar-refractivity contribution is -0.143. The number of ether oxygens (including phenoxy) is 1. The maximum absolute atomic E-state index is 11.5. The van der Waals surface area contributed by atoms with E-state index in [1.807, 2.05) is 6.92 Å². The molecule has 28 heavy (non-hydrogen) atoms. The zero-order valence-corrected chi connectivity index (χ0v) is 16.9. The molecule has 146 valence electrons. The number of hydrogen-bond acceptors (Lipinski definition) is 3. The molecule has 0 spiro atoms. The average Bonchev–Trinajstić information content (AvgIpc) is 2.86. The van der Waals surface area contributed by atoms with Gasteiger partial charge in [-0.1, -0.05) is 66.8 Å². The van der Waals surface area contributed by atoms with Crippen LogP contribution in [0.15, 0.2) is 54.6 Å². The largest absolute Gasteiger partial charge is 0.466 e. The van der Waals surface area contributed by atoms with Crippen LogP contribution in [0.1, 0.15) is 48.4 Å². The number of hydrogen-bond donors (Lipinski definition) is 0. The van der Waals surface area contributed by atoms with E-state index in [1.165, 1.54) is 27.8 Å². The molecule has 1 aliphatic rings. The van der Waals surface area contributed by atoms with E-state index in [4.69, 9.17) is 4.74 Å². The molecule has 0 unspecified atom stereocenters. The first kappa shape index (κ1) is 20.1. The second-order valence-electron chi connectivity index (χ2n) is 7.13. The summed E-state index contributed by atoms with van der Waals surface area (Å²) in [5.74, 6) is -0.0998. The standard InChI is InChI=1S/C25H29NO2/c1-3-28-25(27)15-9-19-26(2)18-8-14-24-22-12-6-4-10-20(22)16-17-21-11-5-7-13-23(21)24/h4-7,10-14,16-17H,3,8-9,15,18-19H2,1-2H3. The lowest BCUT2D eigenvalue weighted by atomic mass is 9.93. The van der Waals surface area contributed by atoms with E-state index in [0.717, 1.165) is 25.9 Å². The second kappa shape index (κ2) is 10.0. The highest BCUT2D eigenvalue weighted by Gasteiger charge is 2.14. The summed E-state index contributed by atoms with van der Waals surface area (Å²) in [6, 6.07) is 17.2. The van der Waals surface area contributed by atoms with Gasteiger partial charge in [0.1, 0.15) is 0 Å². The van der Waals surface area contributed by atoms with Crippen LogP contribution in [0.3, 0.4) is 0 Å². The van der Waals surface area contributed by atoms with E-state index < -0.39 is 0 Å². The highest BCUT2D eigenvalue weighted by Crippen LogP contribution is 2.33. The van der Waals surface area contributed by atoms with Crippen molar-refractivity contribution >= 4 is 23.7 Å². The third-order valence-corrected chi connectivity index (χ3v) is 5.03. The minimum atomic E-state index is -0.0998. The molecule has 3 rings (SSSR count). The van der Waals surface area contributed by atoms with Gasteiger partial charge in [-0.3, -0.25) is 4.79 Å². The topological polar surface area (TPSA) is 29.5 Å². The van der Waals surface area contributed by atoms with Crippen molar-refractivity contribution in [3.63, 3.8) is 0 Å². The summed E-state index contributed by atoms with van der Waals surface area (Å²) in [7, 11) is 2.11. The molecule has 0 aromatic heterocycles. The number of benzene rings is 2. The Balaban J connectivity index is 1.66. The lowest BCUT2D eigenvalue weighted by Gasteiger charge is -2.16. The minimum Gasteiger partial charge on any atom is -0.466 e. The molecule has 2 aromatic rings. The van der Waals surface area contributed by atoms with Crippen LogP contribution < -0.4 is 0 Å². The average molecular weight is 376 g/mol. The first-order chi connectivity index (χ1) is 13.7. The summed E-state index contributed by atoms with van der Waals surface area (Å²) >= 11 is 0. The quantitative estimate of drug-likeness (QED) is 0.503. The normalized spacial score (nSPS) is 12.3. The predicted molar refractivity (Wildman–Crippen MR) is 117 cm³/mol. The molecular formula is C25H29NO2. The first-order valence-electron chi connectivity index (χ1n) is 10.1. The van der Waals surface area contributed by atoms with Gasteiger partial charge in [0.05, 0.1) is 6.61 Å². The number of nitrogens with zero attached hydrogens (tertiary/aromatic N) is 1. The molecule has 0 heterocycles. The van der Waals surface area contributed by atoms with Crippen molar-refractivity contribution in [2.75, 3.05) is 26.7 Å². The zero-order valence-electron chi connectivity index (χ0n) is 16.9. The van der Waals surface area contributed by atoms with E-state index in [9.17, 15) is 4.79 Å². The van der Waals surface area contributed by atoms with Crippen molar-refractivity contribution < 1.29 is 9.53 Å². The van der Waals surface area contributed by atoms with E-state index in [0.29, 0.717) is 13.0 Å². The van der Waals surface area contributed by atoms with Crippen molar-refractivity contribution in [2.45, 2.75) is 26.2 Å². The van der Waals surface area contributed by atoms with Gasteiger partial charge in [-0.25, -0.2) is 0 Å². The number of esters is 1. The smallest absolute Gasteiger partial charge is 0.305 e. The fraction of sp³-hybridized carbons (Fsp3) is 0.320. The van der Waals surface area contributed by atoms with E-state index >= 15 is 0 Å². The Bertz CT molecular complexity index is 815. The van der Waals surface area contributed by atoms with Gasteiger partial charge >= 0.3 is 5.97 Å². The van der Waals surface area contributed by atoms with Crippen LogP contribution in [-0.4, -0.2) is 37.6 Å². The molecule has 0 aliphatic heterocycles. The number of carbonyl (C=O) groups excluding carboxylic acids is 1. The minimum absolute atomic E-state index is 0.0998. The van der Waals surface area contributed by atoms with Gasteiger partial charge in [0, 0.05) is 13.0 Å². The van der Waals surface area contributed by atoms with E-state index in [1.54, 1.807) is 0 Å². The Morgan fingerprint density at radius 1 is 0.964 bits per heavy atom. The molecule has 0 atom stereocenters. The van der Waals surface area contributed by atoms with Gasteiger partial charge in [0.2, 0.25) is 0 Å². The van der Waals surface area contributed by atoms with Crippen LogP contribution >= 0.6 is 0 Å². The summed E-state index contributed by atoms with van der Waals surface area (Å²) in [4.78, 5) is 13.7. The maximum atomic E-state index is 11.5. The van der Waals surface area contributed by atoms with Crippen molar-refractivity contribution in [1.82, 2.24) is 4.90 Å². The fourth-order valence-corrected chi connectivity index (χ4v) is 3.59. The third kappa shape index (κ3) is 5.20.